The van der Waals surface area contributed by atoms with Crippen molar-refractivity contribution in [1.29, 1.82) is 0 Å². The third-order valence-electron chi connectivity index (χ3n) is 9.36. The molecule has 0 saturated carbocycles. The molecular weight excluding hydrogens is 612 g/mol. The summed E-state index contributed by atoms with van der Waals surface area (Å²) in [7, 11) is 2.81. The number of carbonyl (C=O) groups excluding carboxylic acids is 4. The lowest BCUT2D eigenvalue weighted by molar-refractivity contribution is -0.392. The third kappa shape index (κ3) is 4.70. The number of phenols is 1. The number of nitro groups is 2. The van der Waals surface area contributed by atoms with Gasteiger partial charge >= 0.3 is 11.4 Å². The number of fused-ring (bicyclic) bond motifs is 3. The second-order valence-electron chi connectivity index (χ2n) is 12.1. The van der Waals surface area contributed by atoms with Crippen molar-refractivity contribution >= 4 is 46.1 Å². The van der Waals surface area contributed by atoms with Gasteiger partial charge in [0.15, 0.2) is 28.8 Å². The number of Topliss-reactive ketones (excluding diaryl/α,β-unsaturated/α-hetero) is 1. The van der Waals surface area contributed by atoms with E-state index in [-0.39, 0.29) is 64.8 Å². The average molecular weight is 643 g/mol. The lowest BCUT2D eigenvalue weighted by Gasteiger charge is -2.42. The molecule has 14 nitrogen and oxygen atoms in total. The van der Waals surface area contributed by atoms with Crippen LogP contribution >= 0.6 is 0 Å². The van der Waals surface area contributed by atoms with Gasteiger partial charge in [0.2, 0.25) is 11.8 Å². The molecule has 4 aliphatic rings. The normalized spacial score (nSPS) is 23.5. The molecule has 2 amide bonds. The van der Waals surface area contributed by atoms with Crippen LogP contribution in [0.2, 0.25) is 0 Å². The largest absolute Gasteiger partial charge is 0.504 e. The Morgan fingerprint density at radius 1 is 1.02 bits per heavy atom. The van der Waals surface area contributed by atoms with Gasteiger partial charge in [-0.15, -0.1) is 0 Å². The molecule has 14 heteroatoms. The number of hydrogen-bond acceptors (Lipinski definition) is 11. The van der Waals surface area contributed by atoms with Crippen molar-refractivity contribution in [3.05, 3.63) is 90.6 Å². The minimum Gasteiger partial charge on any atom is -0.504 e. The van der Waals surface area contributed by atoms with Gasteiger partial charge in [-0.3, -0.25) is 39.4 Å². The van der Waals surface area contributed by atoms with Crippen molar-refractivity contribution in [3.8, 4) is 11.5 Å². The lowest BCUT2D eigenvalue weighted by Crippen LogP contribution is -2.39. The van der Waals surface area contributed by atoms with Crippen molar-refractivity contribution in [2.45, 2.75) is 32.6 Å². The van der Waals surface area contributed by atoms with Crippen LogP contribution in [-0.2, 0) is 19.2 Å². The van der Waals surface area contributed by atoms with E-state index in [1.54, 1.807) is 31.2 Å². The van der Waals surface area contributed by atoms with E-state index in [0.29, 0.717) is 11.1 Å². The standard InChI is InChI=1S/C33H30N4O10/c1-5-47-25-8-6-7-18(31(25)40)26-17-9-10-19-27(20(17)14-21-28(26)24(38)11-15(2)30(21)39)33(42)35(32(19)41)16-12-22(36(43)44)29(34(3)4)23(13-16)37(45)46/h6-9,11-13,19-20,26-27,40H,5,10,14H2,1-4H3/t19-,20+,26+,27-/m0/s1. The van der Waals surface area contributed by atoms with Crippen LogP contribution in [0.15, 0.2) is 64.8 Å². The first-order valence-electron chi connectivity index (χ1n) is 14.9. The van der Waals surface area contributed by atoms with E-state index < -0.39 is 62.5 Å². The van der Waals surface area contributed by atoms with Crippen LogP contribution in [-0.4, -0.2) is 59.0 Å². The number of para-hydroxylation sites is 1. The summed E-state index contributed by atoms with van der Waals surface area (Å²) >= 11 is 0. The number of hydrogen-bond donors (Lipinski definition) is 1. The summed E-state index contributed by atoms with van der Waals surface area (Å²) in [6.07, 6.45) is 3.03. The molecule has 2 aromatic carbocycles. The predicted octanol–water partition coefficient (Wildman–Crippen LogP) is 4.31. The minimum absolute atomic E-state index is 0.0345. The van der Waals surface area contributed by atoms with E-state index in [9.17, 15) is 44.5 Å². The fourth-order valence-electron chi connectivity index (χ4n) is 7.49. The molecular formula is C33H30N4O10. The second-order valence-corrected chi connectivity index (χ2v) is 12.1. The van der Waals surface area contributed by atoms with Gasteiger partial charge in [0.1, 0.15) is 0 Å². The van der Waals surface area contributed by atoms with E-state index in [1.165, 1.54) is 32.0 Å². The van der Waals surface area contributed by atoms with E-state index in [1.807, 2.05) is 0 Å². The van der Waals surface area contributed by atoms with Gasteiger partial charge in [-0.2, -0.15) is 0 Å². The number of allylic oxidation sites excluding steroid dienone is 6. The molecule has 1 N–H and O–H groups in total. The van der Waals surface area contributed by atoms with Crippen molar-refractivity contribution in [1.82, 2.24) is 0 Å². The van der Waals surface area contributed by atoms with E-state index in [4.69, 9.17) is 4.74 Å². The molecule has 0 radical (unpaired) electrons. The summed E-state index contributed by atoms with van der Waals surface area (Å²) < 4.78 is 5.59. The Morgan fingerprint density at radius 2 is 1.68 bits per heavy atom. The number of amides is 2. The Morgan fingerprint density at radius 3 is 2.28 bits per heavy atom. The number of nitrogens with zero attached hydrogens (tertiary/aromatic N) is 4. The first-order valence-corrected chi connectivity index (χ1v) is 14.9. The maximum absolute atomic E-state index is 14.3. The molecule has 242 valence electrons. The minimum atomic E-state index is -1.04. The van der Waals surface area contributed by atoms with Crippen molar-refractivity contribution in [2.75, 3.05) is 30.5 Å². The Kier molecular flexibility index (Phi) is 7.53. The van der Waals surface area contributed by atoms with Gasteiger partial charge in [-0.05, 0) is 44.7 Å². The third-order valence-corrected chi connectivity index (χ3v) is 9.36. The van der Waals surface area contributed by atoms with Crippen LogP contribution in [0.5, 0.6) is 11.5 Å². The zero-order valence-electron chi connectivity index (χ0n) is 25.9. The van der Waals surface area contributed by atoms with Crippen LogP contribution in [0.4, 0.5) is 22.7 Å². The fraction of sp³-hybridized carbons (Fsp3) is 0.333. The van der Waals surface area contributed by atoms with Gasteiger partial charge in [0.25, 0.3) is 0 Å². The van der Waals surface area contributed by atoms with Crippen molar-refractivity contribution in [2.24, 2.45) is 17.8 Å². The smallest absolute Gasteiger partial charge is 0.301 e. The van der Waals surface area contributed by atoms with Gasteiger partial charge in [-0.25, -0.2) is 4.90 Å². The first kappa shape index (κ1) is 31.3. The number of ketones is 2. The van der Waals surface area contributed by atoms with E-state index in [0.717, 1.165) is 17.0 Å². The summed E-state index contributed by atoms with van der Waals surface area (Å²) in [4.78, 5) is 79.6. The first-order chi connectivity index (χ1) is 22.3. The van der Waals surface area contributed by atoms with E-state index in [2.05, 4.69) is 0 Å². The predicted molar refractivity (Wildman–Crippen MR) is 167 cm³/mol. The number of imide groups is 1. The molecule has 4 atom stereocenters. The number of anilines is 2. The van der Waals surface area contributed by atoms with Gasteiger partial charge < -0.3 is 14.7 Å². The molecule has 0 unspecified atom stereocenters. The summed E-state index contributed by atoms with van der Waals surface area (Å²) in [5, 5.41) is 35.3. The highest BCUT2D eigenvalue weighted by Crippen LogP contribution is 2.57. The fourth-order valence-corrected chi connectivity index (χ4v) is 7.49. The SMILES string of the molecule is CCOc1cccc([C@H]2C3=CC[C@@H]4C(=O)N(c5cc([N+](=O)[O-])c(N(C)C)c([N+](=O)[O-])c5)C(=O)[C@@H]4[C@@H]3CC3=C2C(=O)C=C(C)C3=O)c1O. The van der Waals surface area contributed by atoms with Crippen LogP contribution < -0.4 is 14.5 Å². The van der Waals surface area contributed by atoms with Crippen LogP contribution in [0.25, 0.3) is 0 Å². The highest BCUT2D eigenvalue weighted by Gasteiger charge is 2.57. The summed E-state index contributed by atoms with van der Waals surface area (Å²) in [5.41, 5.74) is -0.450. The molecule has 1 aliphatic heterocycles. The van der Waals surface area contributed by atoms with Gasteiger partial charge in [0.05, 0.1) is 34.0 Å². The van der Waals surface area contributed by atoms with Gasteiger partial charge in [-0.1, -0.05) is 23.8 Å². The molecule has 2 aromatic rings. The lowest BCUT2D eigenvalue weighted by atomic mass is 9.59. The van der Waals surface area contributed by atoms with Gasteiger partial charge in [0, 0.05) is 54.4 Å². The number of ether oxygens (including phenoxy) is 1. The Labute approximate surface area is 267 Å². The Balaban J connectivity index is 1.50. The Bertz CT molecular complexity index is 1890. The second kappa shape index (κ2) is 11.3. The van der Waals surface area contributed by atoms with Crippen molar-refractivity contribution < 1.29 is 38.9 Å². The molecule has 1 fully saturated rings. The molecule has 1 saturated heterocycles. The number of aromatic hydroxyl groups is 1. The number of nitro benzene ring substituents is 2. The molecule has 47 heavy (non-hydrogen) atoms. The monoisotopic (exact) mass is 642 g/mol. The Hall–Kier alpha value is -5.66. The highest BCUT2D eigenvalue weighted by molar-refractivity contribution is 6.25. The number of carbonyl (C=O) groups is 4. The van der Waals surface area contributed by atoms with Crippen LogP contribution in [0.3, 0.4) is 0 Å². The van der Waals surface area contributed by atoms with Crippen LogP contribution in [0, 0.1) is 38.0 Å². The summed E-state index contributed by atoms with van der Waals surface area (Å²) in [6, 6.07) is 6.78. The maximum Gasteiger partial charge on any atom is 0.301 e. The van der Waals surface area contributed by atoms with Crippen LogP contribution in [0.1, 0.15) is 38.2 Å². The summed E-state index contributed by atoms with van der Waals surface area (Å²) in [6.45, 7) is 3.52. The molecule has 6 rings (SSSR count). The zero-order chi connectivity index (χ0) is 34.1. The molecule has 0 bridgehead atoms. The molecule has 0 spiro atoms. The maximum atomic E-state index is 14.3. The zero-order valence-corrected chi connectivity index (χ0v) is 25.9. The quantitative estimate of drug-likeness (QED) is 0.149. The molecule has 1 heterocycles. The number of benzene rings is 2. The van der Waals surface area contributed by atoms with Crippen molar-refractivity contribution in [3.63, 3.8) is 0 Å². The van der Waals surface area contributed by atoms with E-state index >= 15 is 0 Å². The number of rotatable bonds is 7. The topological polar surface area (TPSA) is 190 Å². The summed E-state index contributed by atoms with van der Waals surface area (Å²) in [5.74, 6) is -5.91. The highest BCUT2D eigenvalue weighted by atomic mass is 16.6. The average Bonchev–Trinajstić information content (AvgIpc) is 3.28. The molecule has 0 aromatic heterocycles. The molecule has 3 aliphatic carbocycles. The number of phenolic OH excluding ortho intramolecular Hbond substituents is 1.